The zero-order chi connectivity index (χ0) is 13.0. The predicted molar refractivity (Wildman–Crippen MR) is 69.8 cm³/mol. The van der Waals surface area contributed by atoms with Gasteiger partial charge in [0.1, 0.15) is 0 Å². The van der Waals surface area contributed by atoms with Crippen LogP contribution in [0.15, 0.2) is 0 Å². The van der Waals surface area contributed by atoms with Crippen molar-refractivity contribution in [3.05, 3.63) is 5.82 Å². The largest absolute Gasteiger partial charge is 0.330 e. The number of rotatable bonds is 6. The average Bonchev–Trinajstić information content (AvgIpc) is 2.98. The second-order valence-electron chi connectivity index (χ2n) is 5.23. The highest BCUT2D eigenvalue weighted by Crippen LogP contribution is 2.29. The third kappa shape index (κ3) is 2.87. The molecule has 2 atom stereocenters. The van der Waals surface area contributed by atoms with Crippen LogP contribution in [0.5, 0.6) is 0 Å². The van der Waals surface area contributed by atoms with E-state index < -0.39 is 0 Å². The molecule has 0 amide bonds. The first kappa shape index (κ1) is 13.4. The first-order chi connectivity index (χ1) is 8.76. The van der Waals surface area contributed by atoms with Gasteiger partial charge in [-0.15, -0.1) is 5.10 Å². The van der Waals surface area contributed by atoms with Gasteiger partial charge in [-0.1, -0.05) is 13.3 Å². The summed E-state index contributed by atoms with van der Waals surface area (Å²) in [7, 11) is 2.16. The minimum absolute atomic E-state index is 0.585. The van der Waals surface area contributed by atoms with Crippen molar-refractivity contribution >= 4 is 0 Å². The highest BCUT2D eigenvalue weighted by Gasteiger charge is 2.29. The van der Waals surface area contributed by atoms with E-state index in [2.05, 4.69) is 34.4 Å². The molecule has 6 nitrogen and oxygen atoms in total. The Bertz CT molecular complexity index is 363. The van der Waals surface area contributed by atoms with Crippen LogP contribution >= 0.6 is 0 Å². The van der Waals surface area contributed by atoms with Gasteiger partial charge in [0.05, 0.1) is 6.54 Å². The fourth-order valence-electron chi connectivity index (χ4n) is 2.93. The SMILES string of the molecule is CCCn1nnnc1CN(C)C1CCCC1CN. The fraction of sp³-hybridized carbons (Fsp3) is 0.917. The lowest BCUT2D eigenvalue weighted by molar-refractivity contribution is 0.185. The summed E-state index contributed by atoms with van der Waals surface area (Å²) >= 11 is 0. The van der Waals surface area contributed by atoms with Crippen LogP contribution in [-0.4, -0.2) is 44.7 Å². The van der Waals surface area contributed by atoms with Crippen molar-refractivity contribution in [3.8, 4) is 0 Å². The summed E-state index contributed by atoms with van der Waals surface area (Å²) in [4.78, 5) is 2.36. The molecule has 1 aromatic heterocycles. The van der Waals surface area contributed by atoms with E-state index in [0.29, 0.717) is 12.0 Å². The lowest BCUT2D eigenvalue weighted by atomic mass is 10.0. The molecular weight excluding hydrogens is 228 g/mol. The standard InChI is InChI=1S/C12H24N6/c1-3-7-18-12(14-15-16-18)9-17(2)11-6-4-5-10(11)8-13/h10-11H,3-9,13H2,1-2H3. The molecule has 1 saturated carbocycles. The molecule has 1 aliphatic carbocycles. The first-order valence-electron chi connectivity index (χ1n) is 6.91. The number of nitrogens with two attached hydrogens (primary N) is 1. The molecule has 1 fully saturated rings. The van der Waals surface area contributed by atoms with Gasteiger partial charge in [-0.3, -0.25) is 4.90 Å². The van der Waals surface area contributed by atoms with Crippen LogP contribution < -0.4 is 5.73 Å². The summed E-state index contributed by atoms with van der Waals surface area (Å²) in [5.41, 5.74) is 5.84. The molecule has 1 aromatic rings. The Hall–Kier alpha value is -1.01. The molecule has 0 saturated heterocycles. The van der Waals surface area contributed by atoms with Crippen molar-refractivity contribution in [1.29, 1.82) is 0 Å². The normalized spacial score (nSPS) is 24.0. The fourth-order valence-corrected chi connectivity index (χ4v) is 2.93. The van der Waals surface area contributed by atoms with Gasteiger partial charge in [-0.2, -0.15) is 0 Å². The zero-order valence-electron chi connectivity index (χ0n) is 11.4. The number of hydrogen-bond donors (Lipinski definition) is 1. The van der Waals surface area contributed by atoms with Gasteiger partial charge >= 0.3 is 0 Å². The average molecular weight is 252 g/mol. The van der Waals surface area contributed by atoms with E-state index in [1.54, 1.807) is 0 Å². The zero-order valence-corrected chi connectivity index (χ0v) is 11.4. The van der Waals surface area contributed by atoms with Crippen LogP contribution in [0, 0.1) is 5.92 Å². The van der Waals surface area contributed by atoms with Gasteiger partial charge in [-0.05, 0) is 49.2 Å². The third-order valence-electron chi connectivity index (χ3n) is 3.92. The number of aryl methyl sites for hydroxylation is 1. The Morgan fingerprint density at radius 1 is 1.44 bits per heavy atom. The molecule has 102 valence electrons. The van der Waals surface area contributed by atoms with Gasteiger partial charge in [0, 0.05) is 12.6 Å². The number of tetrazole rings is 1. The Morgan fingerprint density at radius 2 is 2.28 bits per heavy atom. The van der Waals surface area contributed by atoms with Gasteiger partial charge < -0.3 is 5.73 Å². The van der Waals surface area contributed by atoms with Crippen molar-refractivity contribution in [1.82, 2.24) is 25.1 Å². The van der Waals surface area contributed by atoms with Crippen LogP contribution in [-0.2, 0) is 13.1 Å². The monoisotopic (exact) mass is 252 g/mol. The number of aromatic nitrogens is 4. The van der Waals surface area contributed by atoms with Crippen molar-refractivity contribution in [3.63, 3.8) is 0 Å². The quantitative estimate of drug-likeness (QED) is 0.804. The number of nitrogens with zero attached hydrogens (tertiary/aromatic N) is 5. The summed E-state index contributed by atoms with van der Waals surface area (Å²) in [5.74, 6) is 1.59. The molecule has 1 heterocycles. The summed E-state index contributed by atoms with van der Waals surface area (Å²) < 4.78 is 1.91. The van der Waals surface area contributed by atoms with Gasteiger partial charge in [0.25, 0.3) is 0 Å². The molecule has 0 spiro atoms. The van der Waals surface area contributed by atoms with Gasteiger partial charge in [0.15, 0.2) is 5.82 Å². The van der Waals surface area contributed by atoms with Crippen LogP contribution in [0.2, 0.25) is 0 Å². The molecule has 2 rings (SSSR count). The van der Waals surface area contributed by atoms with E-state index >= 15 is 0 Å². The molecule has 0 aromatic carbocycles. The van der Waals surface area contributed by atoms with Crippen LogP contribution in [0.1, 0.15) is 38.4 Å². The van der Waals surface area contributed by atoms with Crippen molar-refractivity contribution < 1.29 is 0 Å². The molecule has 18 heavy (non-hydrogen) atoms. The summed E-state index contributed by atoms with van der Waals surface area (Å²) in [6, 6.07) is 0.585. The topological polar surface area (TPSA) is 72.9 Å². The van der Waals surface area contributed by atoms with E-state index in [9.17, 15) is 0 Å². The van der Waals surface area contributed by atoms with Crippen molar-refractivity contribution in [2.75, 3.05) is 13.6 Å². The smallest absolute Gasteiger partial charge is 0.165 e. The summed E-state index contributed by atoms with van der Waals surface area (Å²) in [6.45, 7) is 4.63. The Kier molecular flexibility index (Phi) is 4.66. The molecular formula is C12H24N6. The van der Waals surface area contributed by atoms with Crippen molar-refractivity contribution in [2.24, 2.45) is 11.7 Å². The first-order valence-corrected chi connectivity index (χ1v) is 6.91. The minimum Gasteiger partial charge on any atom is -0.330 e. The molecule has 0 bridgehead atoms. The maximum Gasteiger partial charge on any atom is 0.165 e. The highest BCUT2D eigenvalue weighted by molar-refractivity contribution is 4.88. The van der Waals surface area contributed by atoms with E-state index in [-0.39, 0.29) is 0 Å². The summed E-state index contributed by atoms with van der Waals surface area (Å²) in [6.07, 6.45) is 4.84. The Balaban J connectivity index is 1.97. The summed E-state index contributed by atoms with van der Waals surface area (Å²) in [5, 5.41) is 11.9. The Morgan fingerprint density at radius 3 is 3.00 bits per heavy atom. The second-order valence-corrected chi connectivity index (χ2v) is 5.23. The molecule has 2 unspecified atom stereocenters. The maximum absolute atomic E-state index is 5.84. The highest BCUT2D eigenvalue weighted by atomic mass is 15.5. The maximum atomic E-state index is 5.84. The second kappa shape index (κ2) is 6.24. The third-order valence-corrected chi connectivity index (χ3v) is 3.92. The van der Waals surface area contributed by atoms with E-state index in [0.717, 1.165) is 31.9 Å². The van der Waals surface area contributed by atoms with Crippen LogP contribution in [0.25, 0.3) is 0 Å². The molecule has 2 N–H and O–H groups in total. The van der Waals surface area contributed by atoms with Gasteiger partial charge in [-0.25, -0.2) is 4.68 Å². The van der Waals surface area contributed by atoms with Crippen LogP contribution in [0.3, 0.4) is 0 Å². The Labute approximate surface area is 109 Å². The van der Waals surface area contributed by atoms with E-state index in [4.69, 9.17) is 5.73 Å². The predicted octanol–water partition coefficient (Wildman–Crippen LogP) is 0.642. The number of hydrogen-bond acceptors (Lipinski definition) is 5. The molecule has 1 aliphatic rings. The molecule has 0 radical (unpaired) electrons. The minimum atomic E-state index is 0.585. The van der Waals surface area contributed by atoms with E-state index in [1.807, 2.05) is 4.68 Å². The van der Waals surface area contributed by atoms with Crippen LogP contribution in [0.4, 0.5) is 0 Å². The molecule has 0 aliphatic heterocycles. The molecule has 6 heteroatoms. The lowest BCUT2D eigenvalue weighted by Crippen LogP contribution is -2.37. The van der Waals surface area contributed by atoms with E-state index in [1.165, 1.54) is 19.3 Å². The van der Waals surface area contributed by atoms with Crippen molar-refractivity contribution in [2.45, 2.75) is 51.7 Å². The lowest BCUT2D eigenvalue weighted by Gasteiger charge is -2.28. The van der Waals surface area contributed by atoms with Gasteiger partial charge in [0.2, 0.25) is 0 Å².